The minimum atomic E-state index is -1.94. The molecule has 0 heterocycles. The number of carbonyl (C=O) groups is 1. The van der Waals surface area contributed by atoms with Crippen LogP contribution in [0.4, 0.5) is 0 Å². The second-order valence-corrected chi connectivity index (χ2v) is 9.38. The zero-order valence-electron chi connectivity index (χ0n) is 19.0. The molecule has 10 N–H and O–H groups in total. The molecule has 0 aliphatic carbocycles. The van der Waals surface area contributed by atoms with Crippen LogP contribution in [0.5, 0.6) is 57.5 Å². The first-order valence-electron chi connectivity index (χ1n) is 10.3. The second-order valence-electron chi connectivity index (χ2n) is 7.55. The number of rotatable bonds is 4. The lowest BCUT2D eigenvalue weighted by molar-refractivity contribution is -0.268. The molecule has 0 aromatic heterocycles. The molecule has 0 spiro atoms. The molecule has 0 atom stereocenters. The second kappa shape index (κ2) is 10.8. The molecular formula is C25H20O12S. The van der Waals surface area contributed by atoms with E-state index in [0.717, 1.165) is 36.4 Å². The predicted molar refractivity (Wildman–Crippen MR) is 129 cm³/mol. The molecule has 4 aromatic rings. The molecule has 0 saturated heterocycles. The van der Waals surface area contributed by atoms with Gasteiger partial charge in [0.2, 0.25) is 14.7 Å². The Hall–Kier alpha value is -5.30. The van der Waals surface area contributed by atoms with E-state index in [1.165, 1.54) is 24.3 Å². The maximum absolute atomic E-state index is 10.7. The maximum Gasteiger partial charge on any atom is 0.335 e. The highest BCUT2D eigenvalue weighted by molar-refractivity contribution is 7.97. The molecule has 4 rings (SSSR count). The van der Waals surface area contributed by atoms with Crippen molar-refractivity contribution in [2.75, 3.05) is 0 Å². The van der Waals surface area contributed by atoms with E-state index in [-0.39, 0.29) is 20.2 Å². The topological polar surface area (TPSA) is 242 Å². The number of hydrogen-bond donors (Lipinski definition) is 10. The quantitative estimate of drug-likeness (QED) is 0.167. The largest absolute Gasteiger partial charge is 0.872 e. The number of aromatic hydroxyl groups is 9. The average molecular weight is 544 g/mol. The maximum atomic E-state index is 10.7. The number of benzene rings is 4. The molecule has 38 heavy (non-hydrogen) atoms. The molecule has 0 aliphatic rings. The highest BCUT2D eigenvalue weighted by Gasteiger charge is 2.44. The highest BCUT2D eigenvalue weighted by Crippen LogP contribution is 2.53. The number of carboxylic acid groups (broad SMARTS) is 1. The Kier molecular flexibility index (Phi) is 7.73. The van der Waals surface area contributed by atoms with Crippen molar-refractivity contribution in [3.8, 4) is 57.5 Å². The van der Waals surface area contributed by atoms with E-state index < -0.39 is 74.4 Å². The van der Waals surface area contributed by atoms with Gasteiger partial charge in [-0.25, -0.2) is 4.79 Å². The van der Waals surface area contributed by atoms with E-state index in [1.54, 1.807) is 0 Å². The summed E-state index contributed by atoms with van der Waals surface area (Å²) in [6.07, 6.45) is 0. The normalized spacial score (nSPS) is 10.6. The summed E-state index contributed by atoms with van der Waals surface area (Å²) in [5.41, 5.74) is -0.178. The first-order valence-corrected chi connectivity index (χ1v) is 11.5. The van der Waals surface area contributed by atoms with Crippen LogP contribution in [-0.4, -0.2) is 57.0 Å². The van der Waals surface area contributed by atoms with Crippen molar-refractivity contribution in [1.29, 1.82) is 0 Å². The van der Waals surface area contributed by atoms with Crippen LogP contribution in [0.3, 0.4) is 0 Å². The molecule has 13 heteroatoms. The molecule has 0 amide bonds. The van der Waals surface area contributed by atoms with Gasteiger partial charge in [-0.15, -0.1) is 0 Å². The summed E-state index contributed by atoms with van der Waals surface area (Å²) >= 11 is 0. The molecule has 12 nitrogen and oxygen atoms in total. The summed E-state index contributed by atoms with van der Waals surface area (Å²) < 4.78 is 0. The fourth-order valence-corrected chi connectivity index (χ4v) is 5.55. The molecule has 0 aliphatic heterocycles. The molecule has 0 saturated carbocycles. The lowest BCUT2D eigenvalue weighted by Gasteiger charge is -2.15. The van der Waals surface area contributed by atoms with Crippen LogP contribution in [-0.2, 0) is 10.9 Å². The number of carboxylic acids is 1. The Balaban J connectivity index is 0.000000336. The van der Waals surface area contributed by atoms with Gasteiger partial charge >= 0.3 is 5.97 Å². The van der Waals surface area contributed by atoms with E-state index in [0.29, 0.717) is 0 Å². The standard InChI is InChI=1S/C18H14O9S.C7H6O3/c19-7-1-10(22)16(11(23)2-7)28(17-12(24)3-8(20)4-13(17)25)18-14(26)5-9(21)6-15(18)27;8-6-4-2-1-3-5(6)7(9)10/h1-6H,(H8-,19,20,21,22,23,24,25,26,27);1-4,8H,(H,9,10). The van der Waals surface area contributed by atoms with E-state index >= 15 is 0 Å². The summed E-state index contributed by atoms with van der Waals surface area (Å²) in [5.74, 6) is -7.08. The SMILES string of the molecule is O=C(O)c1ccccc1[O-].Oc1cc(O)c([S+](c2c(O)cc(O)cc2O)c2c(O)cc(O)cc2O)c(O)c1. The molecule has 0 radical (unpaired) electrons. The molecular weight excluding hydrogens is 524 g/mol. The number of phenolic OH excluding ortho intramolecular Hbond substituents is 9. The molecule has 198 valence electrons. The van der Waals surface area contributed by atoms with Crippen molar-refractivity contribution in [3.05, 3.63) is 66.2 Å². The number of para-hydroxylation sites is 1. The van der Waals surface area contributed by atoms with Gasteiger partial charge < -0.3 is 56.2 Å². The number of phenols is 9. The summed E-state index contributed by atoms with van der Waals surface area (Å²) in [6, 6.07) is 10.8. The highest BCUT2D eigenvalue weighted by atomic mass is 32.2. The van der Waals surface area contributed by atoms with Gasteiger partial charge in [-0.2, -0.15) is 0 Å². The van der Waals surface area contributed by atoms with Gasteiger partial charge in [0.05, 0.1) is 5.56 Å². The van der Waals surface area contributed by atoms with Crippen molar-refractivity contribution in [2.45, 2.75) is 14.7 Å². The van der Waals surface area contributed by atoms with Gasteiger partial charge in [0.1, 0.15) is 28.1 Å². The van der Waals surface area contributed by atoms with Gasteiger partial charge in [0, 0.05) is 36.4 Å². The van der Waals surface area contributed by atoms with Gasteiger partial charge in [-0.05, 0) is 6.07 Å². The Morgan fingerprint density at radius 3 is 1.08 bits per heavy atom. The van der Waals surface area contributed by atoms with Crippen LogP contribution in [0, 0.1) is 0 Å². The Morgan fingerprint density at radius 1 is 0.553 bits per heavy atom. The van der Waals surface area contributed by atoms with Crippen LogP contribution in [0.1, 0.15) is 10.4 Å². The smallest absolute Gasteiger partial charge is 0.335 e. The summed E-state index contributed by atoms with van der Waals surface area (Å²) in [5, 5.41) is 109. The van der Waals surface area contributed by atoms with Crippen LogP contribution in [0.15, 0.2) is 75.4 Å². The van der Waals surface area contributed by atoms with Crippen molar-refractivity contribution >= 4 is 16.9 Å². The first-order chi connectivity index (χ1) is 17.8. The first kappa shape index (κ1) is 27.3. The lowest BCUT2D eigenvalue weighted by Crippen LogP contribution is -2.07. The zero-order valence-corrected chi connectivity index (χ0v) is 19.8. The minimum Gasteiger partial charge on any atom is -0.872 e. The summed E-state index contributed by atoms with van der Waals surface area (Å²) in [6.45, 7) is 0. The summed E-state index contributed by atoms with van der Waals surface area (Å²) in [7, 11) is -1.94. The van der Waals surface area contributed by atoms with E-state index in [2.05, 4.69) is 0 Å². The van der Waals surface area contributed by atoms with Gasteiger partial charge in [0.15, 0.2) is 34.5 Å². The van der Waals surface area contributed by atoms with Crippen LogP contribution >= 0.6 is 0 Å². The van der Waals surface area contributed by atoms with Crippen LogP contribution in [0.25, 0.3) is 0 Å². The van der Waals surface area contributed by atoms with E-state index in [9.17, 15) is 55.9 Å². The van der Waals surface area contributed by atoms with Crippen molar-refractivity contribution < 1.29 is 61.0 Å². The zero-order chi connectivity index (χ0) is 28.3. The van der Waals surface area contributed by atoms with Gasteiger partial charge in [0.25, 0.3) is 0 Å². The third-order valence-corrected chi connectivity index (χ3v) is 7.31. The fourth-order valence-electron chi connectivity index (χ4n) is 3.33. The molecule has 0 fully saturated rings. The molecule has 4 aromatic carbocycles. The number of aromatic carboxylic acids is 1. The summed E-state index contributed by atoms with van der Waals surface area (Å²) in [4.78, 5) is 9.15. The predicted octanol–water partition coefficient (Wildman–Crippen LogP) is 2.59. The van der Waals surface area contributed by atoms with Crippen LogP contribution in [0.2, 0.25) is 0 Å². The molecule has 0 unspecified atom stereocenters. The Morgan fingerprint density at radius 2 is 0.842 bits per heavy atom. The van der Waals surface area contributed by atoms with Gasteiger partial charge in [-0.3, -0.25) is 0 Å². The van der Waals surface area contributed by atoms with Crippen molar-refractivity contribution in [3.63, 3.8) is 0 Å². The molecule has 0 bridgehead atoms. The minimum absolute atomic E-state index is 0.178. The number of hydrogen-bond acceptors (Lipinski definition) is 11. The van der Waals surface area contributed by atoms with E-state index in [1.807, 2.05) is 0 Å². The van der Waals surface area contributed by atoms with Crippen molar-refractivity contribution in [1.82, 2.24) is 0 Å². The Bertz CT molecular complexity index is 1310. The fraction of sp³-hybridized carbons (Fsp3) is 0. The van der Waals surface area contributed by atoms with Gasteiger partial charge in [-0.1, -0.05) is 23.9 Å². The van der Waals surface area contributed by atoms with Crippen molar-refractivity contribution in [2.24, 2.45) is 0 Å². The third-order valence-electron chi connectivity index (χ3n) is 4.83. The average Bonchev–Trinajstić information content (AvgIpc) is 2.77. The lowest BCUT2D eigenvalue weighted by atomic mass is 10.2. The van der Waals surface area contributed by atoms with Crippen LogP contribution < -0.4 is 5.11 Å². The monoisotopic (exact) mass is 544 g/mol. The van der Waals surface area contributed by atoms with E-state index in [4.69, 9.17) is 5.11 Å². The third kappa shape index (κ3) is 5.57. The Labute approximate surface area is 216 Å².